The predicted octanol–water partition coefficient (Wildman–Crippen LogP) is 4.23. The molecular weight excluding hydrogens is 444 g/mol. The highest BCUT2D eigenvalue weighted by Crippen LogP contribution is 2.25. The standard InChI is InChI=1S/C24H21F2N5OS/c25-18-3-1-17(2-4-18)23-28-20(15-33-23)14-29-9-11-30(12-10-29)24(32)22-13-27-16-31(22)21-7-5-19(26)6-8-21/h1-8,13,15-16H,9-12,14H2. The average molecular weight is 466 g/mol. The molecule has 0 atom stereocenters. The van der Waals surface area contributed by atoms with E-state index in [1.165, 1.54) is 24.3 Å². The van der Waals surface area contributed by atoms with Gasteiger partial charge in [0.05, 0.1) is 18.2 Å². The molecule has 1 fully saturated rings. The molecule has 0 saturated carbocycles. The normalized spacial score (nSPS) is 14.5. The predicted molar refractivity (Wildman–Crippen MR) is 122 cm³/mol. The van der Waals surface area contributed by atoms with Crippen LogP contribution in [0.4, 0.5) is 8.78 Å². The summed E-state index contributed by atoms with van der Waals surface area (Å²) in [5.41, 5.74) is 3.02. The Labute approximate surface area is 193 Å². The van der Waals surface area contributed by atoms with Crippen LogP contribution in [0, 0.1) is 11.6 Å². The van der Waals surface area contributed by atoms with Gasteiger partial charge in [-0.05, 0) is 48.5 Å². The monoisotopic (exact) mass is 465 g/mol. The maximum atomic E-state index is 13.3. The van der Waals surface area contributed by atoms with Crippen molar-refractivity contribution in [3.8, 4) is 16.3 Å². The van der Waals surface area contributed by atoms with Gasteiger partial charge in [0.15, 0.2) is 0 Å². The Morgan fingerprint density at radius 1 is 0.939 bits per heavy atom. The van der Waals surface area contributed by atoms with Crippen LogP contribution in [0.1, 0.15) is 16.2 Å². The maximum Gasteiger partial charge on any atom is 0.272 e. The second kappa shape index (κ2) is 9.21. The fourth-order valence-corrected chi connectivity index (χ4v) is 4.68. The molecule has 168 valence electrons. The fourth-order valence-electron chi connectivity index (χ4n) is 3.87. The van der Waals surface area contributed by atoms with Crippen LogP contribution in [-0.2, 0) is 6.54 Å². The highest BCUT2D eigenvalue weighted by atomic mass is 32.1. The number of aromatic nitrogens is 3. The summed E-state index contributed by atoms with van der Waals surface area (Å²) in [6, 6.07) is 12.3. The Hall–Kier alpha value is -3.43. The number of thiazole rings is 1. The molecule has 3 heterocycles. The third kappa shape index (κ3) is 4.69. The summed E-state index contributed by atoms with van der Waals surface area (Å²) in [5, 5.41) is 2.89. The van der Waals surface area contributed by atoms with Crippen LogP contribution in [0.25, 0.3) is 16.3 Å². The van der Waals surface area contributed by atoms with Crippen LogP contribution < -0.4 is 0 Å². The molecule has 0 radical (unpaired) electrons. The van der Waals surface area contributed by atoms with Gasteiger partial charge in [-0.2, -0.15) is 0 Å². The van der Waals surface area contributed by atoms with E-state index in [-0.39, 0.29) is 17.5 Å². The van der Waals surface area contributed by atoms with Gasteiger partial charge in [0.1, 0.15) is 22.3 Å². The van der Waals surface area contributed by atoms with Crippen molar-refractivity contribution < 1.29 is 13.6 Å². The number of carbonyl (C=O) groups excluding carboxylic acids is 1. The largest absolute Gasteiger partial charge is 0.335 e. The number of halogens is 2. The summed E-state index contributed by atoms with van der Waals surface area (Å²) in [6.45, 7) is 3.37. The van der Waals surface area contributed by atoms with E-state index >= 15 is 0 Å². The average Bonchev–Trinajstić information content (AvgIpc) is 3.50. The third-order valence-electron chi connectivity index (χ3n) is 5.65. The lowest BCUT2D eigenvalue weighted by molar-refractivity contribution is 0.0619. The van der Waals surface area contributed by atoms with Crippen LogP contribution in [0.3, 0.4) is 0 Å². The van der Waals surface area contributed by atoms with Crippen molar-refractivity contribution in [3.05, 3.63) is 89.5 Å². The van der Waals surface area contributed by atoms with E-state index in [1.807, 2.05) is 10.3 Å². The number of rotatable bonds is 5. The van der Waals surface area contributed by atoms with E-state index in [0.717, 1.165) is 29.4 Å². The Morgan fingerprint density at radius 3 is 2.30 bits per heavy atom. The van der Waals surface area contributed by atoms with Crippen LogP contribution in [0.2, 0.25) is 0 Å². The minimum absolute atomic E-state index is 0.0938. The minimum atomic E-state index is -0.326. The number of benzene rings is 2. The molecule has 0 N–H and O–H groups in total. The van der Waals surface area contributed by atoms with Crippen molar-refractivity contribution in [2.45, 2.75) is 6.54 Å². The zero-order chi connectivity index (χ0) is 22.8. The molecule has 1 aliphatic heterocycles. The number of nitrogens with zero attached hydrogens (tertiary/aromatic N) is 5. The number of imidazole rings is 1. The molecule has 5 rings (SSSR count). The molecule has 0 spiro atoms. The van der Waals surface area contributed by atoms with E-state index in [2.05, 4.69) is 14.9 Å². The van der Waals surface area contributed by atoms with Crippen LogP contribution in [-0.4, -0.2) is 56.4 Å². The zero-order valence-electron chi connectivity index (χ0n) is 17.7. The molecule has 0 unspecified atom stereocenters. The van der Waals surface area contributed by atoms with Crippen molar-refractivity contribution in [1.29, 1.82) is 0 Å². The van der Waals surface area contributed by atoms with Crippen molar-refractivity contribution in [1.82, 2.24) is 24.3 Å². The van der Waals surface area contributed by atoms with Gasteiger partial charge < -0.3 is 4.90 Å². The lowest BCUT2D eigenvalue weighted by Gasteiger charge is -2.34. The van der Waals surface area contributed by atoms with Crippen LogP contribution >= 0.6 is 11.3 Å². The SMILES string of the molecule is O=C(c1cncn1-c1ccc(F)cc1)N1CCN(Cc2csc(-c3ccc(F)cc3)n2)CC1. The fraction of sp³-hybridized carbons (Fsp3) is 0.208. The smallest absolute Gasteiger partial charge is 0.272 e. The maximum absolute atomic E-state index is 13.3. The molecule has 33 heavy (non-hydrogen) atoms. The molecule has 9 heteroatoms. The van der Waals surface area contributed by atoms with Crippen molar-refractivity contribution in [3.63, 3.8) is 0 Å². The van der Waals surface area contributed by atoms with E-state index in [9.17, 15) is 13.6 Å². The molecule has 4 aromatic rings. The molecular formula is C24H21F2N5OS. The van der Waals surface area contributed by atoms with E-state index in [4.69, 9.17) is 0 Å². The van der Waals surface area contributed by atoms with Gasteiger partial charge in [0.2, 0.25) is 0 Å². The first-order valence-electron chi connectivity index (χ1n) is 10.6. The lowest BCUT2D eigenvalue weighted by Crippen LogP contribution is -2.48. The van der Waals surface area contributed by atoms with Gasteiger partial charge >= 0.3 is 0 Å². The van der Waals surface area contributed by atoms with Gasteiger partial charge in [-0.3, -0.25) is 14.3 Å². The number of hydrogen-bond acceptors (Lipinski definition) is 5. The molecule has 2 aromatic heterocycles. The molecule has 1 saturated heterocycles. The zero-order valence-corrected chi connectivity index (χ0v) is 18.5. The Bertz CT molecular complexity index is 1240. The van der Waals surface area contributed by atoms with Gasteiger partial charge in [0.25, 0.3) is 5.91 Å². The molecule has 2 aromatic carbocycles. The minimum Gasteiger partial charge on any atom is -0.335 e. The highest BCUT2D eigenvalue weighted by molar-refractivity contribution is 7.13. The first-order valence-corrected chi connectivity index (χ1v) is 11.4. The number of carbonyl (C=O) groups is 1. The number of hydrogen-bond donors (Lipinski definition) is 0. The number of piperazine rings is 1. The summed E-state index contributed by atoms with van der Waals surface area (Å²) >= 11 is 1.54. The van der Waals surface area contributed by atoms with Gasteiger partial charge in [-0.1, -0.05) is 0 Å². The summed E-state index contributed by atoms with van der Waals surface area (Å²) in [6.07, 6.45) is 3.11. The van der Waals surface area contributed by atoms with Gasteiger partial charge in [-0.15, -0.1) is 11.3 Å². The van der Waals surface area contributed by atoms with Crippen molar-refractivity contribution in [2.24, 2.45) is 0 Å². The van der Waals surface area contributed by atoms with E-state index in [0.29, 0.717) is 31.0 Å². The number of amides is 1. The van der Waals surface area contributed by atoms with Gasteiger partial charge in [0, 0.05) is 49.4 Å². The summed E-state index contributed by atoms with van der Waals surface area (Å²) in [5.74, 6) is -0.680. The molecule has 1 amide bonds. The summed E-state index contributed by atoms with van der Waals surface area (Å²) < 4.78 is 28.1. The van der Waals surface area contributed by atoms with Crippen molar-refractivity contribution >= 4 is 17.2 Å². The second-order valence-electron chi connectivity index (χ2n) is 7.84. The van der Waals surface area contributed by atoms with Crippen LogP contribution in [0.5, 0.6) is 0 Å². The van der Waals surface area contributed by atoms with Crippen LogP contribution in [0.15, 0.2) is 66.4 Å². The molecule has 6 nitrogen and oxygen atoms in total. The molecule has 0 bridgehead atoms. The first kappa shape index (κ1) is 21.4. The second-order valence-corrected chi connectivity index (χ2v) is 8.70. The van der Waals surface area contributed by atoms with E-state index in [1.54, 1.807) is 52.7 Å². The van der Waals surface area contributed by atoms with Crippen molar-refractivity contribution in [2.75, 3.05) is 26.2 Å². The quantitative estimate of drug-likeness (QED) is 0.443. The Balaban J connectivity index is 1.20. The summed E-state index contributed by atoms with van der Waals surface area (Å²) in [7, 11) is 0. The summed E-state index contributed by atoms with van der Waals surface area (Å²) in [4.78, 5) is 26.0. The first-order chi connectivity index (χ1) is 16.1. The van der Waals surface area contributed by atoms with Gasteiger partial charge in [-0.25, -0.2) is 18.7 Å². The Morgan fingerprint density at radius 2 is 1.61 bits per heavy atom. The molecule has 0 aliphatic carbocycles. The highest BCUT2D eigenvalue weighted by Gasteiger charge is 2.25. The Kier molecular flexibility index (Phi) is 5.97. The van der Waals surface area contributed by atoms with E-state index < -0.39 is 0 Å². The topological polar surface area (TPSA) is 54.3 Å². The third-order valence-corrected chi connectivity index (χ3v) is 6.59. The lowest BCUT2D eigenvalue weighted by atomic mass is 10.2. The molecule has 1 aliphatic rings.